The van der Waals surface area contributed by atoms with Gasteiger partial charge >= 0.3 is 0 Å². The third kappa shape index (κ3) is 4.06. The second-order valence-electron chi connectivity index (χ2n) is 5.71. The first-order valence-corrected chi connectivity index (χ1v) is 8.39. The Bertz CT molecular complexity index is 874. The van der Waals surface area contributed by atoms with Crippen molar-refractivity contribution < 1.29 is 9.32 Å². The lowest BCUT2D eigenvalue weighted by atomic mass is 10.1. The van der Waals surface area contributed by atoms with Gasteiger partial charge in [-0.25, -0.2) is 0 Å². The third-order valence-electron chi connectivity index (χ3n) is 3.83. The van der Waals surface area contributed by atoms with Gasteiger partial charge in [-0.3, -0.25) is 4.79 Å². The summed E-state index contributed by atoms with van der Waals surface area (Å²) in [4.78, 5) is 18.7. The van der Waals surface area contributed by atoms with Crippen molar-refractivity contribution in [3.05, 3.63) is 70.6 Å². The summed E-state index contributed by atoms with van der Waals surface area (Å²) >= 11 is 5.87. The molecule has 2 aromatic carbocycles. The Hall–Kier alpha value is -2.66. The van der Waals surface area contributed by atoms with Crippen LogP contribution in [0.5, 0.6) is 0 Å². The summed E-state index contributed by atoms with van der Waals surface area (Å²) in [7, 11) is 0. The van der Waals surface area contributed by atoms with Gasteiger partial charge in [-0.15, -0.1) is 0 Å². The maximum atomic E-state index is 12.6. The summed E-state index contributed by atoms with van der Waals surface area (Å²) in [6.45, 7) is 4.71. The molecule has 6 heteroatoms. The van der Waals surface area contributed by atoms with E-state index in [1.165, 1.54) is 0 Å². The highest BCUT2D eigenvalue weighted by atomic mass is 35.5. The molecule has 3 aromatic rings. The Morgan fingerprint density at radius 2 is 1.96 bits per heavy atom. The summed E-state index contributed by atoms with van der Waals surface area (Å²) in [6, 6.07) is 14.7. The molecule has 5 nitrogen and oxygen atoms in total. The summed E-state index contributed by atoms with van der Waals surface area (Å²) in [6.07, 6.45) is 0. The minimum atomic E-state index is -0.102. The minimum Gasteiger partial charge on any atom is -0.337 e. The highest BCUT2D eigenvalue weighted by Crippen LogP contribution is 2.18. The third-order valence-corrected chi connectivity index (χ3v) is 4.08. The number of rotatable bonds is 5. The zero-order chi connectivity index (χ0) is 17.8. The van der Waals surface area contributed by atoms with E-state index in [0.29, 0.717) is 28.8 Å². The molecule has 0 saturated heterocycles. The van der Waals surface area contributed by atoms with E-state index in [1.54, 1.807) is 29.2 Å². The van der Waals surface area contributed by atoms with Crippen LogP contribution in [-0.2, 0) is 6.54 Å². The van der Waals surface area contributed by atoms with Crippen molar-refractivity contribution in [2.45, 2.75) is 20.4 Å². The highest BCUT2D eigenvalue weighted by Gasteiger charge is 2.18. The Kier molecular flexibility index (Phi) is 5.14. The molecule has 0 radical (unpaired) electrons. The molecule has 1 heterocycles. The first-order valence-electron chi connectivity index (χ1n) is 8.01. The van der Waals surface area contributed by atoms with Crippen molar-refractivity contribution in [1.82, 2.24) is 15.0 Å². The Morgan fingerprint density at radius 3 is 2.64 bits per heavy atom. The first kappa shape index (κ1) is 17.2. The molecule has 0 unspecified atom stereocenters. The molecule has 3 rings (SSSR count). The second-order valence-corrected chi connectivity index (χ2v) is 6.14. The molecule has 0 fully saturated rings. The van der Waals surface area contributed by atoms with Gasteiger partial charge in [0.1, 0.15) is 6.54 Å². The smallest absolute Gasteiger partial charge is 0.254 e. The molecular weight excluding hydrogens is 338 g/mol. The van der Waals surface area contributed by atoms with Gasteiger partial charge < -0.3 is 9.42 Å². The fourth-order valence-electron chi connectivity index (χ4n) is 2.49. The molecule has 0 spiro atoms. The predicted molar refractivity (Wildman–Crippen MR) is 96.3 cm³/mol. The van der Waals surface area contributed by atoms with Crippen LogP contribution in [0.4, 0.5) is 0 Å². The number of aryl methyl sites for hydroxylation is 1. The van der Waals surface area contributed by atoms with Gasteiger partial charge in [0.2, 0.25) is 11.7 Å². The van der Waals surface area contributed by atoms with Crippen molar-refractivity contribution in [3.63, 3.8) is 0 Å². The van der Waals surface area contributed by atoms with Gasteiger partial charge in [-0.2, -0.15) is 4.98 Å². The standard InChI is InChI=1S/C19H18ClN3O2/c1-3-23(19(24)14-7-9-16(20)10-8-14)12-17-21-18(22-25-17)15-6-4-5-13(2)11-15/h4-11H,3,12H2,1-2H3. The minimum absolute atomic E-state index is 0.102. The van der Waals surface area contributed by atoms with Crippen molar-refractivity contribution in [3.8, 4) is 11.4 Å². The molecule has 0 aliphatic heterocycles. The van der Waals surface area contributed by atoms with Crippen LogP contribution in [0.3, 0.4) is 0 Å². The number of amides is 1. The maximum Gasteiger partial charge on any atom is 0.254 e. The van der Waals surface area contributed by atoms with E-state index < -0.39 is 0 Å². The monoisotopic (exact) mass is 355 g/mol. The Labute approximate surface area is 151 Å². The van der Waals surface area contributed by atoms with E-state index in [0.717, 1.165) is 11.1 Å². The van der Waals surface area contributed by atoms with Crippen LogP contribution < -0.4 is 0 Å². The summed E-state index contributed by atoms with van der Waals surface area (Å²) in [5, 5.41) is 4.61. The van der Waals surface area contributed by atoms with Crippen LogP contribution in [0.1, 0.15) is 28.7 Å². The van der Waals surface area contributed by atoms with Crippen LogP contribution in [0.2, 0.25) is 5.02 Å². The lowest BCUT2D eigenvalue weighted by Crippen LogP contribution is -2.30. The molecule has 0 saturated carbocycles. The molecule has 128 valence electrons. The van der Waals surface area contributed by atoms with Gasteiger partial charge in [0, 0.05) is 22.7 Å². The summed E-state index contributed by atoms with van der Waals surface area (Å²) < 4.78 is 5.32. The number of nitrogens with zero attached hydrogens (tertiary/aromatic N) is 3. The van der Waals surface area contributed by atoms with Gasteiger partial charge in [0.15, 0.2) is 0 Å². The summed E-state index contributed by atoms with van der Waals surface area (Å²) in [5.41, 5.74) is 2.59. The zero-order valence-corrected chi connectivity index (χ0v) is 14.8. The van der Waals surface area contributed by atoms with E-state index in [2.05, 4.69) is 10.1 Å². The lowest BCUT2D eigenvalue weighted by Gasteiger charge is -2.18. The van der Waals surface area contributed by atoms with E-state index >= 15 is 0 Å². The van der Waals surface area contributed by atoms with Crippen LogP contribution in [0, 0.1) is 6.92 Å². The Morgan fingerprint density at radius 1 is 1.20 bits per heavy atom. The van der Waals surface area contributed by atoms with Gasteiger partial charge in [0.25, 0.3) is 5.91 Å². The average molecular weight is 356 g/mol. The van der Waals surface area contributed by atoms with Crippen molar-refractivity contribution >= 4 is 17.5 Å². The quantitative estimate of drug-likeness (QED) is 0.682. The van der Waals surface area contributed by atoms with Crippen molar-refractivity contribution in [2.75, 3.05) is 6.54 Å². The van der Waals surface area contributed by atoms with Gasteiger partial charge in [-0.1, -0.05) is 40.5 Å². The molecular formula is C19H18ClN3O2. The molecule has 0 N–H and O–H groups in total. The number of carbonyl (C=O) groups excluding carboxylic acids is 1. The van der Waals surface area contributed by atoms with E-state index in [-0.39, 0.29) is 12.5 Å². The van der Waals surface area contributed by atoms with E-state index in [9.17, 15) is 4.79 Å². The fraction of sp³-hybridized carbons (Fsp3) is 0.211. The number of halogens is 1. The summed E-state index contributed by atoms with van der Waals surface area (Å²) in [5.74, 6) is 0.823. The fourth-order valence-corrected chi connectivity index (χ4v) is 2.61. The number of hydrogen-bond donors (Lipinski definition) is 0. The first-order chi connectivity index (χ1) is 12.1. The molecule has 25 heavy (non-hydrogen) atoms. The lowest BCUT2D eigenvalue weighted by molar-refractivity contribution is 0.0734. The zero-order valence-electron chi connectivity index (χ0n) is 14.1. The van der Waals surface area contributed by atoms with Crippen molar-refractivity contribution in [2.24, 2.45) is 0 Å². The SMILES string of the molecule is CCN(Cc1nc(-c2cccc(C)c2)no1)C(=O)c1ccc(Cl)cc1. The molecule has 0 aliphatic carbocycles. The second kappa shape index (κ2) is 7.49. The van der Waals surface area contributed by atoms with Crippen LogP contribution in [0.25, 0.3) is 11.4 Å². The van der Waals surface area contributed by atoms with Gasteiger partial charge in [0.05, 0.1) is 0 Å². The van der Waals surface area contributed by atoms with Crippen LogP contribution >= 0.6 is 11.6 Å². The number of benzene rings is 2. The normalized spacial score (nSPS) is 10.7. The van der Waals surface area contributed by atoms with Crippen molar-refractivity contribution in [1.29, 1.82) is 0 Å². The average Bonchev–Trinajstić information content (AvgIpc) is 3.08. The molecule has 1 amide bonds. The van der Waals surface area contributed by atoms with E-state index in [4.69, 9.17) is 16.1 Å². The highest BCUT2D eigenvalue weighted by molar-refractivity contribution is 6.30. The topological polar surface area (TPSA) is 59.2 Å². The predicted octanol–water partition coefficient (Wildman–Crippen LogP) is 4.36. The van der Waals surface area contributed by atoms with E-state index in [1.807, 2.05) is 38.1 Å². The molecule has 0 atom stereocenters. The molecule has 0 aliphatic rings. The van der Waals surface area contributed by atoms with Crippen LogP contribution in [0.15, 0.2) is 53.1 Å². The Balaban J connectivity index is 1.76. The number of hydrogen-bond acceptors (Lipinski definition) is 4. The molecule has 1 aromatic heterocycles. The number of carbonyl (C=O) groups is 1. The molecule has 0 bridgehead atoms. The maximum absolute atomic E-state index is 12.6. The van der Waals surface area contributed by atoms with Crippen LogP contribution in [-0.4, -0.2) is 27.5 Å². The number of aromatic nitrogens is 2. The van der Waals surface area contributed by atoms with Gasteiger partial charge in [-0.05, 0) is 44.2 Å². The largest absolute Gasteiger partial charge is 0.337 e.